The molecule has 0 rings (SSSR count). The molecule has 7 heteroatoms. The van der Waals surface area contributed by atoms with Gasteiger partial charge in [0.2, 0.25) is 0 Å². The van der Waals surface area contributed by atoms with Crippen molar-refractivity contribution in [1.29, 1.82) is 0 Å². The van der Waals surface area contributed by atoms with Crippen LogP contribution >= 0.6 is 25.3 Å². The van der Waals surface area contributed by atoms with Crippen LogP contribution in [-0.2, 0) is 9.59 Å². The zero-order chi connectivity index (χ0) is 31.5. The summed E-state index contributed by atoms with van der Waals surface area (Å²) in [6, 6.07) is 0. The largest absolute Gasteiger partial charge is 2.00 e. The fourth-order valence-corrected chi connectivity index (χ4v) is 5.67. The second kappa shape index (κ2) is 40.4. The first-order valence-corrected chi connectivity index (χ1v) is 19.2. The van der Waals surface area contributed by atoms with Crippen LogP contribution in [0.5, 0.6) is 0 Å². The topological polar surface area (TPSA) is 80.3 Å². The summed E-state index contributed by atoms with van der Waals surface area (Å²) >= 11 is 7.96. The summed E-state index contributed by atoms with van der Waals surface area (Å²) in [5.74, 6) is -2.07. The maximum atomic E-state index is 10.5. The van der Waals surface area contributed by atoms with Gasteiger partial charge in [-0.2, -0.15) is 25.3 Å². The summed E-state index contributed by atoms with van der Waals surface area (Å²) in [7, 11) is 0. The van der Waals surface area contributed by atoms with E-state index in [9.17, 15) is 19.8 Å². The molecule has 0 aromatic heterocycles. The third-order valence-corrected chi connectivity index (χ3v) is 9.14. The number of thiol groups is 2. The van der Waals surface area contributed by atoms with E-state index in [1.54, 1.807) is 0 Å². The molecule has 0 saturated heterocycles. The van der Waals surface area contributed by atoms with Gasteiger partial charge in [0, 0.05) is 10.5 Å². The van der Waals surface area contributed by atoms with Crippen LogP contribution in [0.3, 0.4) is 0 Å². The summed E-state index contributed by atoms with van der Waals surface area (Å²) in [5, 5.41) is 19.8. The van der Waals surface area contributed by atoms with Crippen molar-refractivity contribution in [2.75, 3.05) is 0 Å². The smallest absolute Gasteiger partial charge is 0.549 e. The number of carboxylic acids is 2. The van der Waals surface area contributed by atoms with Crippen molar-refractivity contribution in [3.63, 3.8) is 0 Å². The van der Waals surface area contributed by atoms with Crippen molar-refractivity contribution in [2.24, 2.45) is 0 Å². The minimum absolute atomic E-state index is 0. The second-order valence-electron chi connectivity index (χ2n) is 12.4. The molecule has 0 aliphatic rings. The van der Waals surface area contributed by atoms with E-state index in [0.29, 0.717) is 12.8 Å². The average molecular weight is 655 g/mol. The van der Waals surface area contributed by atoms with Gasteiger partial charge < -0.3 is 19.8 Å². The molecule has 0 bridgehead atoms. The Balaban J connectivity index is -0.000000727. The van der Waals surface area contributed by atoms with Gasteiger partial charge in [-0.15, -0.1) is 0 Å². The van der Waals surface area contributed by atoms with Crippen LogP contribution in [0.2, 0.25) is 0 Å². The first kappa shape index (κ1) is 47.8. The van der Waals surface area contributed by atoms with Gasteiger partial charge in [0.1, 0.15) is 0 Å². The Morgan fingerprint density at radius 2 is 0.558 bits per heavy atom. The predicted molar refractivity (Wildman–Crippen MR) is 191 cm³/mol. The zero-order valence-electron chi connectivity index (χ0n) is 28.6. The van der Waals surface area contributed by atoms with Crippen LogP contribution in [-0.4, -0.2) is 45.5 Å². The molecule has 0 spiro atoms. The Hall–Kier alpha value is 0.406. The van der Waals surface area contributed by atoms with E-state index in [4.69, 9.17) is 0 Å². The van der Waals surface area contributed by atoms with Crippen LogP contribution in [0.25, 0.3) is 0 Å². The van der Waals surface area contributed by atoms with E-state index < -0.39 is 22.4 Å². The standard InChI is InChI=1S/2C18H36O2S.Mg/c2*1-2-3-4-5-6-7-8-9-10-11-12-13-14-15-16-17(21)18(19)20;/h2*17,21H,2-16H2,1H3,(H,19,20);/q;;+2/p-2. The van der Waals surface area contributed by atoms with Gasteiger partial charge in [-0.1, -0.05) is 194 Å². The number of aliphatic carboxylic acids is 2. The zero-order valence-corrected chi connectivity index (χ0v) is 31.8. The fourth-order valence-electron chi connectivity index (χ4n) is 5.30. The molecule has 0 amide bonds. The van der Waals surface area contributed by atoms with Gasteiger partial charge in [0.25, 0.3) is 0 Å². The normalized spacial score (nSPS) is 12.2. The molecule has 0 aliphatic carbocycles. The molecule has 4 nitrogen and oxygen atoms in total. The number of carbonyl (C=O) groups excluding carboxylic acids is 2. The summed E-state index contributed by atoms with van der Waals surface area (Å²) in [6.07, 6.45) is 38.3. The van der Waals surface area contributed by atoms with Gasteiger partial charge in [-0.3, -0.25) is 0 Å². The van der Waals surface area contributed by atoms with Gasteiger partial charge in [-0.25, -0.2) is 0 Å². The summed E-state index contributed by atoms with van der Waals surface area (Å²) in [5.41, 5.74) is 0. The number of carboxylic acid groups (broad SMARTS) is 2. The van der Waals surface area contributed by atoms with Crippen molar-refractivity contribution in [2.45, 2.75) is 217 Å². The monoisotopic (exact) mass is 654 g/mol. The molecule has 0 aromatic rings. The van der Waals surface area contributed by atoms with Crippen LogP contribution in [0.1, 0.15) is 206 Å². The Morgan fingerprint density at radius 3 is 0.721 bits per heavy atom. The number of hydrogen-bond acceptors (Lipinski definition) is 6. The number of carbonyl (C=O) groups is 2. The van der Waals surface area contributed by atoms with Gasteiger partial charge in [0.15, 0.2) is 0 Å². The minimum atomic E-state index is -1.03. The Kier molecular flexibility index (Phi) is 45.0. The molecule has 0 fully saturated rings. The SMILES string of the molecule is CCCCCCCCCCCCCCCCC(S)C(=O)[O-].CCCCCCCCCCCCCCCCC(S)C(=O)[O-].[Mg+2]. The predicted octanol–water partition coefficient (Wildman–Crippen LogP) is 9.43. The van der Waals surface area contributed by atoms with E-state index in [-0.39, 0.29) is 23.1 Å². The van der Waals surface area contributed by atoms with Gasteiger partial charge in [-0.05, 0) is 12.8 Å². The van der Waals surface area contributed by atoms with Crippen LogP contribution in [0, 0.1) is 0 Å². The van der Waals surface area contributed by atoms with Crippen molar-refractivity contribution < 1.29 is 19.8 Å². The first-order chi connectivity index (χ1) is 20.4. The number of rotatable bonds is 32. The Bertz CT molecular complexity index is 517. The molecular formula is C36H70MgO4S2. The molecule has 0 radical (unpaired) electrons. The minimum Gasteiger partial charge on any atom is -0.549 e. The summed E-state index contributed by atoms with van der Waals surface area (Å²) in [6.45, 7) is 4.53. The molecular weight excluding hydrogens is 585 g/mol. The van der Waals surface area contributed by atoms with Crippen LogP contribution in [0.4, 0.5) is 0 Å². The third-order valence-electron chi connectivity index (χ3n) is 8.21. The molecule has 0 aromatic carbocycles. The van der Waals surface area contributed by atoms with Crippen LogP contribution in [0.15, 0.2) is 0 Å². The second-order valence-corrected chi connectivity index (χ2v) is 13.7. The number of hydrogen-bond donors (Lipinski definition) is 2. The number of unbranched alkanes of at least 4 members (excludes halogenated alkanes) is 26. The molecule has 0 saturated carbocycles. The maximum absolute atomic E-state index is 10.5. The molecule has 252 valence electrons. The van der Waals surface area contributed by atoms with E-state index in [0.717, 1.165) is 25.7 Å². The summed E-state index contributed by atoms with van der Waals surface area (Å²) < 4.78 is 0. The van der Waals surface area contributed by atoms with E-state index >= 15 is 0 Å². The van der Waals surface area contributed by atoms with E-state index in [2.05, 4.69) is 39.1 Å². The summed E-state index contributed by atoms with van der Waals surface area (Å²) in [4.78, 5) is 21.0. The fraction of sp³-hybridized carbons (Fsp3) is 0.944. The quantitative estimate of drug-likeness (QED) is 0.0430. The molecule has 0 aliphatic heterocycles. The van der Waals surface area contributed by atoms with Gasteiger partial charge in [0.05, 0.1) is 11.9 Å². The molecule has 43 heavy (non-hydrogen) atoms. The molecule has 0 heterocycles. The van der Waals surface area contributed by atoms with E-state index in [1.807, 2.05) is 0 Å². The van der Waals surface area contributed by atoms with Crippen molar-refractivity contribution in [1.82, 2.24) is 0 Å². The van der Waals surface area contributed by atoms with Gasteiger partial charge >= 0.3 is 23.1 Å². The molecule has 0 N–H and O–H groups in total. The first-order valence-electron chi connectivity index (χ1n) is 18.1. The Labute approximate surface area is 295 Å². The molecule has 2 unspecified atom stereocenters. The van der Waals surface area contributed by atoms with Crippen LogP contribution < -0.4 is 10.2 Å². The third kappa shape index (κ3) is 42.4. The molecule has 2 atom stereocenters. The Morgan fingerprint density at radius 1 is 0.395 bits per heavy atom. The van der Waals surface area contributed by atoms with Crippen molar-refractivity contribution in [3.05, 3.63) is 0 Å². The van der Waals surface area contributed by atoms with E-state index in [1.165, 1.54) is 154 Å². The van der Waals surface area contributed by atoms with Crippen molar-refractivity contribution >= 4 is 60.2 Å². The maximum Gasteiger partial charge on any atom is 2.00 e. The van der Waals surface area contributed by atoms with Crippen molar-refractivity contribution in [3.8, 4) is 0 Å². The average Bonchev–Trinajstić information content (AvgIpc) is 2.97.